The van der Waals surface area contributed by atoms with Gasteiger partial charge in [0, 0.05) is 38.2 Å². The van der Waals surface area contributed by atoms with E-state index in [1.54, 1.807) is 7.11 Å². The van der Waals surface area contributed by atoms with Gasteiger partial charge in [-0.15, -0.1) is 0 Å². The van der Waals surface area contributed by atoms with E-state index >= 15 is 0 Å². The third-order valence-corrected chi connectivity index (χ3v) is 3.79. The molecule has 108 valence electrons. The zero-order valence-electron chi connectivity index (χ0n) is 12.7. The maximum absolute atomic E-state index is 6.06. The van der Waals surface area contributed by atoms with E-state index in [1.165, 1.54) is 5.56 Å². The maximum atomic E-state index is 6.06. The lowest BCUT2D eigenvalue weighted by molar-refractivity contribution is 0.112. The quantitative estimate of drug-likeness (QED) is 0.783. The first-order chi connectivity index (χ1) is 9.03. The zero-order chi connectivity index (χ0) is 14.3. The highest BCUT2D eigenvalue weighted by Crippen LogP contribution is 2.24. The van der Waals surface area contributed by atoms with Crippen molar-refractivity contribution in [1.29, 1.82) is 0 Å². The molecule has 0 amide bonds. The molecule has 1 aromatic rings. The first-order valence-corrected chi connectivity index (χ1v) is 7.02. The molecule has 19 heavy (non-hydrogen) atoms. The highest BCUT2D eigenvalue weighted by Gasteiger charge is 2.28. The van der Waals surface area contributed by atoms with Crippen LogP contribution >= 0.6 is 0 Å². The molecule has 0 fully saturated rings. The predicted molar refractivity (Wildman–Crippen MR) is 81.4 cm³/mol. The fourth-order valence-corrected chi connectivity index (χ4v) is 2.29. The van der Waals surface area contributed by atoms with Crippen molar-refractivity contribution >= 4 is 0 Å². The van der Waals surface area contributed by atoms with E-state index in [1.807, 2.05) is 6.07 Å². The van der Waals surface area contributed by atoms with Crippen LogP contribution in [0, 0.1) is 0 Å². The average molecular weight is 264 g/mol. The zero-order valence-corrected chi connectivity index (χ0v) is 12.7. The molecule has 1 aromatic carbocycles. The molecule has 0 aliphatic rings. The molecule has 3 heteroatoms. The second kappa shape index (κ2) is 7.63. The minimum Gasteiger partial charge on any atom is -0.383 e. The summed E-state index contributed by atoms with van der Waals surface area (Å²) in [5.41, 5.74) is 7.35. The summed E-state index contributed by atoms with van der Waals surface area (Å²) in [7, 11) is 1.75. The van der Waals surface area contributed by atoms with Crippen LogP contribution in [0.3, 0.4) is 0 Å². The number of hydrogen-bond donors (Lipinski definition) is 1. The van der Waals surface area contributed by atoms with E-state index in [-0.39, 0.29) is 5.41 Å². The van der Waals surface area contributed by atoms with Gasteiger partial charge in [0.15, 0.2) is 0 Å². The summed E-state index contributed by atoms with van der Waals surface area (Å²) >= 11 is 0. The fourth-order valence-electron chi connectivity index (χ4n) is 2.29. The van der Waals surface area contributed by atoms with Crippen LogP contribution in [-0.2, 0) is 10.2 Å². The van der Waals surface area contributed by atoms with Gasteiger partial charge in [-0.2, -0.15) is 0 Å². The second-order valence-corrected chi connectivity index (χ2v) is 5.69. The highest BCUT2D eigenvalue weighted by atomic mass is 16.5. The van der Waals surface area contributed by atoms with Crippen molar-refractivity contribution in [3.05, 3.63) is 35.9 Å². The Morgan fingerprint density at radius 1 is 1.26 bits per heavy atom. The van der Waals surface area contributed by atoms with Crippen molar-refractivity contribution in [2.75, 3.05) is 33.4 Å². The maximum Gasteiger partial charge on any atom is 0.0589 e. The van der Waals surface area contributed by atoms with Gasteiger partial charge in [0.1, 0.15) is 0 Å². The molecule has 0 aromatic heterocycles. The molecule has 1 rings (SSSR count). The lowest BCUT2D eigenvalue weighted by Crippen LogP contribution is -2.47. The summed E-state index contributed by atoms with van der Waals surface area (Å²) in [6, 6.07) is 11.0. The van der Waals surface area contributed by atoms with Crippen molar-refractivity contribution in [2.24, 2.45) is 5.73 Å². The van der Waals surface area contributed by atoms with Crippen LogP contribution in [0.25, 0.3) is 0 Å². The Kier molecular flexibility index (Phi) is 6.49. The second-order valence-electron chi connectivity index (χ2n) is 5.69. The van der Waals surface area contributed by atoms with Gasteiger partial charge in [-0.3, -0.25) is 4.90 Å². The molecular weight excluding hydrogens is 236 g/mol. The smallest absolute Gasteiger partial charge is 0.0589 e. The molecule has 0 heterocycles. The fraction of sp³-hybridized carbons (Fsp3) is 0.625. The Morgan fingerprint density at radius 2 is 1.89 bits per heavy atom. The molecule has 0 spiro atoms. The standard InChI is InChI=1S/C16H28N2O/c1-14(2)18(10-11-19-4)13-16(3,12-17)15-8-6-5-7-9-15/h5-9,14H,10-13,17H2,1-4H3. The molecule has 0 saturated carbocycles. The molecule has 0 aliphatic carbocycles. The van der Waals surface area contributed by atoms with Crippen LogP contribution in [0.5, 0.6) is 0 Å². The van der Waals surface area contributed by atoms with Crippen molar-refractivity contribution in [2.45, 2.75) is 32.2 Å². The first kappa shape index (κ1) is 16.2. The Balaban J connectivity index is 2.83. The summed E-state index contributed by atoms with van der Waals surface area (Å²) in [6.07, 6.45) is 0. The minimum absolute atomic E-state index is 0.0146. The van der Waals surface area contributed by atoms with Crippen LogP contribution < -0.4 is 5.73 Å². The third kappa shape index (κ3) is 4.60. The van der Waals surface area contributed by atoms with Gasteiger partial charge in [0.2, 0.25) is 0 Å². The van der Waals surface area contributed by atoms with Gasteiger partial charge in [-0.25, -0.2) is 0 Å². The van der Waals surface area contributed by atoms with Crippen molar-refractivity contribution < 1.29 is 4.74 Å². The number of ether oxygens (including phenoxy) is 1. The van der Waals surface area contributed by atoms with Gasteiger partial charge in [-0.05, 0) is 19.4 Å². The normalized spacial score (nSPS) is 14.9. The molecule has 3 nitrogen and oxygen atoms in total. The number of benzene rings is 1. The van der Waals surface area contributed by atoms with Gasteiger partial charge in [0.25, 0.3) is 0 Å². The SMILES string of the molecule is COCCN(CC(C)(CN)c1ccccc1)C(C)C. The molecule has 0 aliphatic heterocycles. The van der Waals surface area contributed by atoms with Crippen LogP contribution in [0.1, 0.15) is 26.3 Å². The molecule has 1 atom stereocenters. The number of hydrogen-bond acceptors (Lipinski definition) is 3. The summed E-state index contributed by atoms with van der Waals surface area (Å²) in [5.74, 6) is 0. The van der Waals surface area contributed by atoms with E-state index in [4.69, 9.17) is 10.5 Å². The van der Waals surface area contributed by atoms with Crippen LogP contribution in [0.2, 0.25) is 0 Å². The van der Waals surface area contributed by atoms with Crippen molar-refractivity contribution in [3.8, 4) is 0 Å². The van der Waals surface area contributed by atoms with Crippen molar-refractivity contribution in [3.63, 3.8) is 0 Å². The molecule has 2 N–H and O–H groups in total. The average Bonchev–Trinajstić information content (AvgIpc) is 2.43. The first-order valence-electron chi connectivity index (χ1n) is 7.02. The van der Waals surface area contributed by atoms with E-state index in [2.05, 4.69) is 49.9 Å². The Morgan fingerprint density at radius 3 is 2.37 bits per heavy atom. The lowest BCUT2D eigenvalue weighted by atomic mass is 9.81. The highest BCUT2D eigenvalue weighted by molar-refractivity contribution is 5.25. The molecule has 0 radical (unpaired) electrons. The Labute approximate surface area is 117 Å². The molecule has 0 saturated heterocycles. The van der Waals surface area contributed by atoms with E-state index < -0.39 is 0 Å². The summed E-state index contributed by atoms with van der Waals surface area (Å²) in [5, 5.41) is 0. The molecular formula is C16H28N2O. The number of nitrogens with zero attached hydrogens (tertiary/aromatic N) is 1. The van der Waals surface area contributed by atoms with Gasteiger partial charge < -0.3 is 10.5 Å². The monoisotopic (exact) mass is 264 g/mol. The number of methoxy groups -OCH3 is 1. The topological polar surface area (TPSA) is 38.5 Å². The predicted octanol–water partition coefficient (Wildman–Crippen LogP) is 2.26. The van der Waals surface area contributed by atoms with E-state index in [0.717, 1.165) is 19.7 Å². The van der Waals surface area contributed by atoms with Gasteiger partial charge >= 0.3 is 0 Å². The lowest BCUT2D eigenvalue weighted by Gasteiger charge is -2.37. The van der Waals surface area contributed by atoms with Gasteiger partial charge in [0.05, 0.1) is 6.61 Å². The Hall–Kier alpha value is -0.900. The minimum atomic E-state index is -0.0146. The van der Waals surface area contributed by atoms with Crippen LogP contribution in [-0.4, -0.2) is 44.3 Å². The molecule has 0 bridgehead atoms. The Bertz CT molecular complexity index is 353. The molecule has 1 unspecified atom stereocenters. The van der Waals surface area contributed by atoms with Crippen LogP contribution in [0.15, 0.2) is 30.3 Å². The number of rotatable bonds is 8. The summed E-state index contributed by atoms with van der Waals surface area (Å²) in [6.45, 7) is 9.98. The third-order valence-electron chi connectivity index (χ3n) is 3.79. The van der Waals surface area contributed by atoms with Crippen LogP contribution in [0.4, 0.5) is 0 Å². The summed E-state index contributed by atoms with van der Waals surface area (Å²) in [4.78, 5) is 2.43. The van der Waals surface area contributed by atoms with E-state index in [0.29, 0.717) is 12.6 Å². The summed E-state index contributed by atoms with van der Waals surface area (Å²) < 4.78 is 5.20. The van der Waals surface area contributed by atoms with Crippen molar-refractivity contribution in [1.82, 2.24) is 4.90 Å². The van der Waals surface area contributed by atoms with Gasteiger partial charge in [-0.1, -0.05) is 37.3 Å². The number of nitrogens with two attached hydrogens (primary N) is 1. The largest absolute Gasteiger partial charge is 0.383 e. The van der Waals surface area contributed by atoms with E-state index in [9.17, 15) is 0 Å².